The minimum Gasteiger partial charge on any atom is -0.481 e. The lowest BCUT2D eigenvalue weighted by atomic mass is 10.0. The molecule has 0 spiro atoms. The molecule has 7 nitrogen and oxygen atoms in total. The minimum atomic E-state index is -1.03. The van der Waals surface area contributed by atoms with Crippen LogP contribution in [-0.4, -0.2) is 26.2 Å². The summed E-state index contributed by atoms with van der Waals surface area (Å²) in [6.07, 6.45) is 0.345. The molecule has 0 amide bonds. The zero-order valence-corrected chi connectivity index (χ0v) is 7.43. The van der Waals surface area contributed by atoms with Gasteiger partial charge in [0.15, 0.2) is 0 Å². The molecule has 1 unspecified atom stereocenters. The predicted octanol–water partition coefficient (Wildman–Crippen LogP) is 0.896. The second kappa shape index (κ2) is 3.86. The van der Waals surface area contributed by atoms with Crippen molar-refractivity contribution in [1.29, 1.82) is 0 Å². The largest absolute Gasteiger partial charge is 0.481 e. The van der Waals surface area contributed by atoms with Crippen molar-refractivity contribution in [3.63, 3.8) is 0 Å². The van der Waals surface area contributed by atoms with Crippen molar-refractivity contribution in [1.82, 2.24) is 10.2 Å². The van der Waals surface area contributed by atoms with Gasteiger partial charge in [0.1, 0.15) is 11.6 Å². The number of hydrogen-bond donors (Lipinski definition) is 2. The molecule has 0 saturated heterocycles. The second-order valence-electron chi connectivity index (χ2n) is 2.73. The van der Waals surface area contributed by atoms with E-state index in [1.54, 1.807) is 6.92 Å². The maximum absolute atomic E-state index is 10.7. The fraction of sp³-hybridized carbons (Fsp3) is 0.429. The van der Waals surface area contributed by atoms with E-state index in [0.29, 0.717) is 6.42 Å². The monoisotopic (exact) mass is 199 g/mol. The summed E-state index contributed by atoms with van der Waals surface area (Å²) in [5.41, 5.74) is 0.187. The van der Waals surface area contributed by atoms with Crippen LogP contribution in [0.25, 0.3) is 0 Å². The number of aromatic nitrogens is 2. The number of nitrogens with one attached hydrogen (secondary N) is 1. The molecule has 1 heterocycles. The summed E-state index contributed by atoms with van der Waals surface area (Å²) in [6, 6.07) is 1.14. The highest BCUT2D eigenvalue weighted by Crippen LogP contribution is 2.20. The maximum Gasteiger partial charge on any atom is 0.342 e. The van der Waals surface area contributed by atoms with Crippen molar-refractivity contribution in [2.75, 3.05) is 0 Å². The molecule has 0 aromatic carbocycles. The first kappa shape index (κ1) is 10.2. The number of carboxylic acid groups (broad SMARTS) is 1. The van der Waals surface area contributed by atoms with E-state index >= 15 is 0 Å². The quantitative estimate of drug-likeness (QED) is 0.552. The molecule has 7 heteroatoms. The first-order chi connectivity index (χ1) is 6.56. The van der Waals surface area contributed by atoms with Crippen molar-refractivity contribution in [3.05, 3.63) is 21.9 Å². The van der Waals surface area contributed by atoms with Crippen LogP contribution in [0.2, 0.25) is 0 Å². The highest BCUT2D eigenvalue weighted by Gasteiger charge is 2.23. The smallest absolute Gasteiger partial charge is 0.342 e. The van der Waals surface area contributed by atoms with E-state index in [4.69, 9.17) is 5.11 Å². The van der Waals surface area contributed by atoms with Crippen molar-refractivity contribution in [2.45, 2.75) is 19.3 Å². The Morgan fingerprint density at radius 1 is 1.86 bits per heavy atom. The Kier molecular flexibility index (Phi) is 2.80. The van der Waals surface area contributed by atoms with Crippen LogP contribution in [-0.2, 0) is 4.79 Å². The van der Waals surface area contributed by atoms with Crippen molar-refractivity contribution < 1.29 is 14.8 Å². The summed E-state index contributed by atoms with van der Waals surface area (Å²) < 4.78 is 0. The number of aliphatic carboxylic acids is 1. The average molecular weight is 199 g/mol. The van der Waals surface area contributed by atoms with Gasteiger partial charge >= 0.3 is 11.8 Å². The van der Waals surface area contributed by atoms with Crippen LogP contribution in [0.15, 0.2) is 6.07 Å². The van der Waals surface area contributed by atoms with Gasteiger partial charge in [0, 0.05) is 0 Å². The topological polar surface area (TPSA) is 109 Å². The molecule has 0 aliphatic heterocycles. The summed E-state index contributed by atoms with van der Waals surface area (Å²) in [4.78, 5) is 20.3. The van der Waals surface area contributed by atoms with Gasteiger partial charge in [0.25, 0.3) is 0 Å². The van der Waals surface area contributed by atoms with Gasteiger partial charge in [-0.15, -0.1) is 5.10 Å². The van der Waals surface area contributed by atoms with Gasteiger partial charge < -0.3 is 15.2 Å². The van der Waals surface area contributed by atoms with E-state index in [-0.39, 0.29) is 11.5 Å². The molecular weight excluding hydrogens is 190 g/mol. The number of carboxylic acids is 1. The number of nitrogens with zero attached hydrogens (tertiary/aromatic N) is 2. The molecule has 1 rings (SSSR count). The minimum absolute atomic E-state index is 0.187. The number of hydrogen-bond acceptors (Lipinski definition) is 4. The van der Waals surface area contributed by atoms with E-state index in [1.807, 2.05) is 0 Å². The van der Waals surface area contributed by atoms with Gasteiger partial charge in [0.05, 0.1) is 6.07 Å². The molecule has 1 aromatic rings. The number of H-pyrrole nitrogens is 1. The zero-order chi connectivity index (χ0) is 10.7. The molecule has 2 N–H and O–H groups in total. The average Bonchev–Trinajstić information content (AvgIpc) is 2.53. The van der Waals surface area contributed by atoms with Gasteiger partial charge in [-0.25, -0.2) is 0 Å². The Morgan fingerprint density at radius 2 is 2.50 bits per heavy atom. The Labute approximate surface area is 78.9 Å². The lowest BCUT2D eigenvalue weighted by Crippen LogP contribution is -2.10. The first-order valence-corrected chi connectivity index (χ1v) is 3.98. The van der Waals surface area contributed by atoms with Crippen LogP contribution in [0, 0.1) is 10.1 Å². The van der Waals surface area contributed by atoms with Gasteiger partial charge in [-0.2, -0.15) is 0 Å². The van der Waals surface area contributed by atoms with E-state index in [0.717, 1.165) is 6.07 Å². The second-order valence-corrected chi connectivity index (χ2v) is 2.73. The summed E-state index contributed by atoms with van der Waals surface area (Å²) in [5.74, 6) is -2.12. The molecule has 0 aliphatic carbocycles. The van der Waals surface area contributed by atoms with Crippen LogP contribution in [0.4, 0.5) is 5.82 Å². The normalized spacial score (nSPS) is 12.4. The van der Waals surface area contributed by atoms with Crippen molar-refractivity contribution in [2.24, 2.45) is 0 Å². The summed E-state index contributed by atoms with van der Waals surface area (Å²) in [7, 11) is 0. The molecule has 0 radical (unpaired) electrons. The number of nitro groups is 1. The molecule has 0 aliphatic rings. The third-order valence-electron chi connectivity index (χ3n) is 1.84. The standard InChI is InChI=1S/C7H9N3O4/c1-2-4(7(11)12)5-3-6(9-8-5)10(13)14/h3-4H,2H2,1H3,(H,8,9)(H,11,12). The van der Waals surface area contributed by atoms with Crippen LogP contribution >= 0.6 is 0 Å². The molecule has 0 bridgehead atoms. The molecule has 76 valence electrons. The molecule has 1 aromatic heterocycles. The Hall–Kier alpha value is -1.92. The fourth-order valence-electron chi connectivity index (χ4n) is 1.11. The fourth-order valence-corrected chi connectivity index (χ4v) is 1.11. The molecular formula is C7H9N3O4. The van der Waals surface area contributed by atoms with E-state index < -0.39 is 16.8 Å². The van der Waals surface area contributed by atoms with Gasteiger partial charge in [-0.3, -0.25) is 4.79 Å². The van der Waals surface area contributed by atoms with Crippen molar-refractivity contribution >= 4 is 11.8 Å². The highest BCUT2D eigenvalue weighted by molar-refractivity contribution is 5.75. The van der Waals surface area contributed by atoms with Crippen LogP contribution < -0.4 is 0 Å². The van der Waals surface area contributed by atoms with Gasteiger partial charge in [-0.1, -0.05) is 12.0 Å². The van der Waals surface area contributed by atoms with E-state index in [1.165, 1.54) is 0 Å². The van der Waals surface area contributed by atoms with Crippen molar-refractivity contribution in [3.8, 4) is 0 Å². The number of aromatic amines is 1. The first-order valence-electron chi connectivity index (χ1n) is 3.98. The van der Waals surface area contributed by atoms with Crippen LogP contribution in [0.3, 0.4) is 0 Å². The third-order valence-corrected chi connectivity index (χ3v) is 1.84. The van der Waals surface area contributed by atoms with E-state index in [2.05, 4.69) is 10.2 Å². The third kappa shape index (κ3) is 1.87. The Balaban J connectivity index is 2.95. The Bertz CT molecular complexity index is 360. The van der Waals surface area contributed by atoms with E-state index in [9.17, 15) is 14.9 Å². The highest BCUT2D eigenvalue weighted by atomic mass is 16.6. The van der Waals surface area contributed by atoms with Crippen LogP contribution in [0.1, 0.15) is 25.0 Å². The SMILES string of the molecule is CCC(C(=O)O)c1cc([N+](=O)[O-])[nH]n1. The molecule has 1 atom stereocenters. The lowest BCUT2D eigenvalue weighted by Gasteiger charge is -2.02. The maximum atomic E-state index is 10.7. The number of carbonyl (C=O) groups is 1. The summed E-state index contributed by atoms with van der Waals surface area (Å²) >= 11 is 0. The van der Waals surface area contributed by atoms with Gasteiger partial charge in [-0.05, 0) is 11.3 Å². The van der Waals surface area contributed by atoms with Gasteiger partial charge in [0.2, 0.25) is 0 Å². The number of rotatable bonds is 4. The summed E-state index contributed by atoms with van der Waals surface area (Å²) in [6.45, 7) is 1.68. The molecule has 0 saturated carbocycles. The Morgan fingerprint density at radius 3 is 2.86 bits per heavy atom. The molecule has 0 fully saturated rings. The van der Waals surface area contributed by atoms with Crippen LogP contribution in [0.5, 0.6) is 0 Å². The zero-order valence-electron chi connectivity index (χ0n) is 7.43. The summed E-state index contributed by atoms with van der Waals surface area (Å²) in [5, 5.41) is 24.8. The predicted molar refractivity (Wildman–Crippen MR) is 45.9 cm³/mol. The molecule has 14 heavy (non-hydrogen) atoms. The lowest BCUT2D eigenvalue weighted by molar-refractivity contribution is -0.389.